The fraction of sp³-hybridized carbons (Fsp3) is 0.167. The summed E-state index contributed by atoms with van der Waals surface area (Å²) < 4.78 is 0. The van der Waals surface area contributed by atoms with Crippen LogP contribution in [0.5, 0.6) is 0 Å². The van der Waals surface area contributed by atoms with Crippen molar-refractivity contribution in [3.63, 3.8) is 0 Å². The fourth-order valence-electron chi connectivity index (χ4n) is 2.23. The molecule has 1 N–H and O–H groups in total. The van der Waals surface area contributed by atoms with Gasteiger partial charge in [-0.15, -0.1) is 10.2 Å². The molecule has 0 amide bonds. The Balaban J connectivity index is 1.70. The van der Waals surface area contributed by atoms with E-state index in [1.165, 1.54) is 22.9 Å². The lowest BCUT2D eigenvalue weighted by Crippen LogP contribution is -2.17. The predicted octanol–water partition coefficient (Wildman–Crippen LogP) is 3.36. The summed E-state index contributed by atoms with van der Waals surface area (Å²) in [5.74, 6) is 0.759. The maximum atomic E-state index is 12.2. The first-order valence-corrected chi connectivity index (χ1v) is 8.38. The van der Waals surface area contributed by atoms with Crippen molar-refractivity contribution in [3.05, 3.63) is 87.3 Å². The fourth-order valence-corrected chi connectivity index (χ4v) is 3.11. The first-order valence-electron chi connectivity index (χ1n) is 7.39. The van der Waals surface area contributed by atoms with Gasteiger partial charge in [0, 0.05) is 12.2 Å². The molecule has 23 heavy (non-hydrogen) atoms. The monoisotopic (exact) mass is 323 g/mol. The number of aromatic amines is 1. The summed E-state index contributed by atoms with van der Waals surface area (Å²) in [5, 5.41) is 8.78. The zero-order chi connectivity index (χ0) is 16.1. The summed E-state index contributed by atoms with van der Waals surface area (Å²) in [6.07, 6.45) is 0.492. The second-order valence-corrected chi connectivity index (χ2v) is 6.25. The lowest BCUT2D eigenvalue weighted by atomic mass is 10.1. The van der Waals surface area contributed by atoms with E-state index in [0.717, 1.165) is 11.3 Å². The molecule has 0 bridgehead atoms. The number of aromatic nitrogens is 3. The van der Waals surface area contributed by atoms with Crippen LogP contribution < -0.4 is 5.56 Å². The second kappa shape index (κ2) is 7.24. The minimum Gasteiger partial charge on any atom is -0.298 e. The smallest absolute Gasteiger partial charge is 0.273 e. The third-order valence-electron chi connectivity index (χ3n) is 3.58. The van der Waals surface area contributed by atoms with Crippen LogP contribution in [0.2, 0.25) is 0 Å². The zero-order valence-corrected chi connectivity index (χ0v) is 13.6. The van der Waals surface area contributed by atoms with Crippen molar-refractivity contribution >= 4 is 11.8 Å². The maximum absolute atomic E-state index is 12.2. The molecule has 3 aromatic rings. The van der Waals surface area contributed by atoms with Crippen molar-refractivity contribution in [2.45, 2.75) is 24.3 Å². The van der Waals surface area contributed by atoms with Crippen molar-refractivity contribution < 1.29 is 0 Å². The highest BCUT2D eigenvalue weighted by Crippen LogP contribution is 2.20. The lowest BCUT2D eigenvalue weighted by molar-refractivity contribution is 0.772. The van der Waals surface area contributed by atoms with E-state index >= 15 is 0 Å². The van der Waals surface area contributed by atoms with E-state index in [4.69, 9.17) is 0 Å². The van der Waals surface area contributed by atoms with E-state index < -0.39 is 0 Å². The zero-order valence-electron chi connectivity index (χ0n) is 12.8. The minimum atomic E-state index is -0.170. The van der Waals surface area contributed by atoms with Crippen LogP contribution in [0, 0.1) is 6.92 Å². The van der Waals surface area contributed by atoms with Crippen LogP contribution in [-0.2, 0) is 12.2 Å². The molecule has 0 radical (unpaired) electrons. The lowest BCUT2D eigenvalue weighted by Gasteiger charge is -2.05. The van der Waals surface area contributed by atoms with Crippen molar-refractivity contribution in [2.75, 3.05) is 0 Å². The topological polar surface area (TPSA) is 58.6 Å². The van der Waals surface area contributed by atoms with Gasteiger partial charge in [0.2, 0.25) is 0 Å². The molecule has 0 aliphatic carbocycles. The van der Waals surface area contributed by atoms with Gasteiger partial charge in [0.15, 0.2) is 5.16 Å². The van der Waals surface area contributed by atoms with Gasteiger partial charge < -0.3 is 0 Å². The van der Waals surface area contributed by atoms with E-state index in [-0.39, 0.29) is 5.56 Å². The SMILES string of the molecule is Cc1ccccc1CSc1nnc(Cc2ccccc2)c(=O)[nH]1. The number of thioether (sulfide) groups is 1. The Hall–Kier alpha value is -2.40. The van der Waals surface area contributed by atoms with E-state index in [9.17, 15) is 4.79 Å². The van der Waals surface area contributed by atoms with E-state index in [0.29, 0.717) is 17.3 Å². The molecule has 0 aliphatic heterocycles. The van der Waals surface area contributed by atoms with Gasteiger partial charge >= 0.3 is 0 Å². The van der Waals surface area contributed by atoms with Gasteiger partial charge in [0.25, 0.3) is 5.56 Å². The highest BCUT2D eigenvalue weighted by atomic mass is 32.2. The number of aryl methyl sites for hydroxylation is 1. The van der Waals surface area contributed by atoms with Crippen molar-refractivity contribution in [3.8, 4) is 0 Å². The summed E-state index contributed by atoms with van der Waals surface area (Å²) in [6, 6.07) is 18.0. The Morgan fingerprint density at radius 2 is 1.74 bits per heavy atom. The van der Waals surface area contributed by atoms with Crippen molar-refractivity contribution in [1.29, 1.82) is 0 Å². The average molecular weight is 323 g/mol. The van der Waals surface area contributed by atoms with Crippen LogP contribution in [0.3, 0.4) is 0 Å². The summed E-state index contributed by atoms with van der Waals surface area (Å²) in [5.41, 5.74) is 3.78. The molecule has 0 unspecified atom stereocenters. The van der Waals surface area contributed by atoms with E-state index in [1.807, 2.05) is 42.5 Å². The summed E-state index contributed by atoms with van der Waals surface area (Å²) in [6.45, 7) is 2.08. The summed E-state index contributed by atoms with van der Waals surface area (Å²) >= 11 is 1.49. The van der Waals surface area contributed by atoms with Crippen LogP contribution in [0.25, 0.3) is 0 Å². The first kappa shape index (κ1) is 15.5. The first-order chi connectivity index (χ1) is 11.2. The second-order valence-electron chi connectivity index (χ2n) is 5.28. The Morgan fingerprint density at radius 3 is 2.48 bits per heavy atom. The van der Waals surface area contributed by atoms with E-state index in [2.05, 4.69) is 34.2 Å². The van der Waals surface area contributed by atoms with Gasteiger partial charge in [-0.05, 0) is 23.6 Å². The third-order valence-corrected chi connectivity index (χ3v) is 4.50. The standard InChI is InChI=1S/C18H17N3OS/c1-13-7-5-6-10-15(13)12-23-18-19-17(22)16(20-21-18)11-14-8-3-2-4-9-14/h2-10H,11-12H2,1H3,(H,19,21,22). The minimum absolute atomic E-state index is 0.170. The number of nitrogens with one attached hydrogen (secondary N) is 1. The Morgan fingerprint density at radius 1 is 1.00 bits per heavy atom. The highest BCUT2D eigenvalue weighted by Gasteiger charge is 2.07. The van der Waals surface area contributed by atoms with Crippen LogP contribution in [0.15, 0.2) is 64.5 Å². The van der Waals surface area contributed by atoms with E-state index in [1.54, 1.807) is 0 Å². The molecule has 1 aromatic heterocycles. The largest absolute Gasteiger partial charge is 0.298 e. The average Bonchev–Trinajstić information content (AvgIpc) is 2.57. The number of nitrogens with zero attached hydrogens (tertiary/aromatic N) is 2. The Labute approximate surface area is 139 Å². The molecule has 116 valence electrons. The predicted molar refractivity (Wildman–Crippen MR) is 92.6 cm³/mol. The molecule has 0 spiro atoms. The molecule has 0 atom stereocenters. The number of H-pyrrole nitrogens is 1. The van der Waals surface area contributed by atoms with Crippen LogP contribution in [-0.4, -0.2) is 15.2 Å². The van der Waals surface area contributed by atoms with Gasteiger partial charge in [-0.1, -0.05) is 66.4 Å². The number of hydrogen-bond donors (Lipinski definition) is 1. The van der Waals surface area contributed by atoms with Crippen LogP contribution >= 0.6 is 11.8 Å². The number of hydrogen-bond acceptors (Lipinski definition) is 4. The molecular formula is C18H17N3OS. The highest BCUT2D eigenvalue weighted by molar-refractivity contribution is 7.98. The molecule has 1 heterocycles. The van der Waals surface area contributed by atoms with Crippen molar-refractivity contribution in [1.82, 2.24) is 15.2 Å². The molecule has 3 rings (SSSR count). The summed E-state index contributed by atoms with van der Waals surface area (Å²) in [7, 11) is 0. The molecule has 5 heteroatoms. The van der Waals surface area contributed by atoms with Crippen molar-refractivity contribution in [2.24, 2.45) is 0 Å². The normalized spacial score (nSPS) is 10.7. The van der Waals surface area contributed by atoms with Crippen LogP contribution in [0.4, 0.5) is 0 Å². The Kier molecular flexibility index (Phi) is 4.88. The van der Waals surface area contributed by atoms with Gasteiger partial charge in [0.05, 0.1) is 0 Å². The number of rotatable bonds is 5. The quantitative estimate of drug-likeness (QED) is 0.732. The van der Waals surface area contributed by atoms with Gasteiger partial charge in [-0.3, -0.25) is 9.78 Å². The maximum Gasteiger partial charge on any atom is 0.273 e. The summed E-state index contributed by atoms with van der Waals surface area (Å²) in [4.78, 5) is 15.0. The molecular weight excluding hydrogens is 306 g/mol. The molecule has 0 aliphatic rings. The number of benzene rings is 2. The molecule has 0 fully saturated rings. The van der Waals surface area contributed by atoms with Gasteiger partial charge in [-0.2, -0.15) is 0 Å². The Bertz CT molecular complexity index is 846. The van der Waals surface area contributed by atoms with Gasteiger partial charge in [-0.25, -0.2) is 0 Å². The molecule has 0 saturated heterocycles. The molecule has 0 saturated carbocycles. The molecule has 2 aromatic carbocycles. The molecule has 4 nitrogen and oxygen atoms in total. The third kappa shape index (κ3) is 4.07. The van der Waals surface area contributed by atoms with Gasteiger partial charge in [0.1, 0.15) is 5.69 Å². The van der Waals surface area contributed by atoms with Crippen LogP contribution in [0.1, 0.15) is 22.4 Å².